The maximum absolute atomic E-state index is 12.5. The van der Waals surface area contributed by atoms with Crippen molar-refractivity contribution in [2.45, 2.75) is 19.9 Å². The third-order valence-electron chi connectivity index (χ3n) is 5.29. The summed E-state index contributed by atoms with van der Waals surface area (Å²) in [5.74, 6) is 0.775. The molecule has 2 aromatic heterocycles. The number of carbonyl (C=O) groups excluding carboxylic acids is 1. The Bertz CT molecular complexity index is 1100. The van der Waals surface area contributed by atoms with Gasteiger partial charge in [-0.3, -0.25) is 4.79 Å². The van der Waals surface area contributed by atoms with Gasteiger partial charge in [-0.15, -0.1) is 0 Å². The van der Waals surface area contributed by atoms with Gasteiger partial charge in [0.2, 0.25) is 0 Å². The Kier molecular flexibility index (Phi) is 6.09. The van der Waals surface area contributed by atoms with E-state index >= 15 is 0 Å². The van der Waals surface area contributed by atoms with Gasteiger partial charge in [0, 0.05) is 42.9 Å². The van der Waals surface area contributed by atoms with E-state index in [1.54, 1.807) is 6.20 Å². The topological polar surface area (TPSA) is 61.0 Å². The van der Waals surface area contributed by atoms with Crippen molar-refractivity contribution in [3.05, 3.63) is 95.8 Å². The molecule has 4 aromatic rings. The highest BCUT2D eigenvalue weighted by molar-refractivity contribution is 5.94. The van der Waals surface area contributed by atoms with Gasteiger partial charge in [-0.25, -0.2) is 4.98 Å². The van der Waals surface area contributed by atoms with Crippen LogP contribution in [0.5, 0.6) is 0 Å². The van der Waals surface area contributed by atoms with Crippen molar-refractivity contribution >= 4 is 22.6 Å². The number of amides is 1. The second-order valence-corrected chi connectivity index (χ2v) is 7.27. The normalized spacial score (nSPS) is 10.8. The van der Waals surface area contributed by atoms with Crippen molar-refractivity contribution in [1.82, 2.24) is 15.3 Å². The average molecular weight is 399 g/mol. The van der Waals surface area contributed by atoms with Crippen molar-refractivity contribution < 1.29 is 4.79 Å². The van der Waals surface area contributed by atoms with Crippen LogP contribution < -0.4 is 10.2 Å². The fraction of sp³-hybridized carbons (Fsp3) is 0.200. The first kappa shape index (κ1) is 19.7. The summed E-state index contributed by atoms with van der Waals surface area (Å²) >= 11 is 0. The Labute approximate surface area is 176 Å². The molecular weight excluding hydrogens is 372 g/mol. The number of aromatic nitrogens is 2. The Hall–Kier alpha value is -3.60. The Morgan fingerprint density at radius 1 is 1.03 bits per heavy atom. The highest BCUT2D eigenvalue weighted by Gasteiger charge is 2.10. The average Bonchev–Trinajstić information content (AvgIpc) is 3.21. The van der Waals surface area contributed by atoms with E-state index in [0.29, 0.717) is 12.1 Å². The summed E-state index contributed by atoms with van der Waals surface area (Å²) in [6.07, 6.45) is 4.45. The maximum atomic E-state index is 12.5. The molecule has 0 spiro atoms. The third kappa shape index (κ3) is 4.51. The highest BCUT2D eigenvalue weighted by Crippen LogP contribution is 2.18. The molecule has 0 aliphatic carbocycles. The summed E-state index contributed by atoms with van der Waals surface area (Å²) in [6, 6.07) is 22.3. The molecule has 5 heteroatoms. The largest absolute Gasteiger partial charge is 0.361 e. The van der Waals surface area contributed by atoms with Crippen molar-refractivity contribution in [3.63, 3.8) is 0 Å². The summed E-state index contributed by atoms with van der Waals surface area (Å²) < 4.78 is 0. The lowest BCUT2D eigenvalue weighted by Crippen LogP contribution is -2.26. The number of anilines is 1. The van der Waals surface area contributed by atoms with Crippen LogP contribution >= 0.6 is 0 Å². The lowest BCUT2D eigenvalue weighted by molar-refractivity contribution is 0.0954. The summed E-state index contributed by atoms with van der Waals surface area (Å²) in [5, 5.41) is 4.20. The van der Waals surface area contributed by atoms with Gasteiger partial charge in [0.25, 0.3) is 5.91 Å². The van der Waals surface area contributed by atoms with Crippen LogP contribution in [0.25, 0.3) is 10.9 Å². The molecule has 0 saturated heterocycles. The van der Waals surface area contributed by atoms with Crippen molar-refractivity contribution in [2.24, 2.45) is 0 Å². The molecule has 30 heavy (non-hydrogen) atoms. The van der Waals surface area contributed by atoms with Crippen molar-refractivity contribution in [1.29, 1.82) is 0 Å². The van der Waals surface area contributed by atoms with E-state index in [4.69, 9.17) is 0 Å². The number of pyridine rings is 1. The number of rotatable bonds is 8. The molecule has 2 N–H and O–H groups in total. The van der Waals surface area contributed by atoms with Gasteiger partial charge in [-0.05, 0) is 42.7 Å². The SMILES string of the molecule is CCN(Cc1ccccc1)c1ccc(C(=O)NCCc2c[nH]c3ccccc23)cn1. The summed E-state index contributed by atoms with van der Waals surface area (Å²) in [6.45, 7) is 4.33. The molecule has 4 rings (SSSR count). The van der Waals surface area contributed by atoms with Crippen molar-refractivity contribution in [2.75, 3.05) is 18.0 Å². The van der Waals surface area contributed by atoms with E-state index in [9.17, 15) is 4.79 Å². The van der Waals surface area contributed by atoms with E-state index in [1.165, 1.54) is 16.5 Å². The van der Waals surface area contributed by atoms with E-state index in [0.717, 1.165) is 30.8 Å². The quantitative estimate of drug-likeness (QED) is 0.457. The van der Waals surface area contributed by atoms with Gasteiger partial charge in [-0.2, -0.15) is 0 Å². The van der Waals surface area contributed by atoms with Crippen LogP contribution in [0.3, 0.4) is 0 Å². The van der Waals surface area contributed by atoms with E-state index < -0.39 is 0 Å². The molecule has 0 bridgehead atoms. The number of benzene rings is 2. The standard InChI is InChI=1S/C25H26N4O/c1-2-29(18-19-8-4-3-5-9-19)24-13-12-21(17-28-24)25(30)26-15-14-20-16-27-23-11-7-6-10-22(20)23/h3-13,16-17,27H,2,14-15,18H2,1H3,(H,26,30). The van der Waals surface area contributed by atoms with E-state index in [2.05, 4.69) is 51.4 Å². The second kappa shape index (κ2) is 9.27. The number of fused-ring (bicyclic) bond motifs is 1. The molecule has 1 amide bonds. The molecule has 0 fully saturated rings. The fourth-order valence-electron chi connectivity index (χ4n) is 3.62. The molecule has 0 aliphatic heterocycles. The van der Waals surface area contributed by atoms with Crippen molar-refractivity contribution in [3.8, 4) is 0 Å². The van der Waals surface area contributed by atoms with Gasteiger partial charge in [-0.1, -0.05) is 48.5 Å². The number of H-pyrrole nitrogens is 1. The summed E-state index contributed by atoms with van der Waals surface area (Å²) in [7, 11) is 0. The number of nitrogens with one attached hydrogen (secondary N) is 2. The Morgan fingerprint density at radius 2 is 1.83 bits per heavy atom. The minimum absolute atomic E-state index is 0.0972. The highest BCUT2D eigenvalue weighted by atomic mass is 16.1. The first-order chi connectivity index (χ1) is 14.7. The number of hydrogen-bond donors (Lipinski definition) is 2. The van der Waals surface area contributed by atoms with Crippen LogP contribution in [-0.4, -0.2) is 29.0 Å². The summed E-state index contributed by atoms with van der Waals surface area (Å²) in [5.41, 5.74) is 4.14. The monoisotopic (exact) mass is 398 g/mol. The van der Waals surface area contributed by atoms with Gasteiger partial charge in [0.05, 0.1) is 5.56 Å². The minimum Gasteiger partial charge on any atom is -0.361 e. The van der Waals surface area contributed by atoms with E-state index in [-0.39, 0.29) is 5.91 Å². The van der Waals surface area contributed by atoms with Gasteiger partial charge < -0.3 is 15.2 Å². The van der Waals surface area contributed by atoms with Crippen LogP contribution in [0.15, 0.2) is 79.1 Å². The molecule has 0 atom stereocenters. The second-order valence-electron chi connectivity index (χ2n) is 7.27. The molecule has 5 nitrogen and oxygen atoms in total. The number of aromatic amines is 1. The zero-order valence-electron chi connectivity index (χ0n) is 17.1. The number of para-hydroxylation sites is 1. The third-order valence-corrected chi connectivity index (χ3v) is 5.29. The lowest BCUT2D eigenvalue weighted by Gasteiger charge is -2.22. The molecule has 2 aromatic carbocycles. The van der Waals surface area contributed by atoms with Gasteiger partial charge in [0.1, 0.15) is 5.82 Å². The molecule has 152 valence electrons. The van der Waals surface area contributed by atoms with Gasteiger partial charge in [0.15, 0.2) is 0 Å². The zero-order valence-corrected chi connectivity index (χ0v) is 17.1. The Morgan fingerprint density at radius 3 is 2.60 bits per heavy atom. The van der Waals surface area contributed by atoms with Crippen LogP contribution in [0.4, 0.5) is 5.82 Å². The lowest BCUT2D eigenvalue weighted by atomic mass is 10.1. The molecular formula is C25H26N4O. The first-order valence-electron chi connectivity index (χ1n) is 10.3. The predicted molar refractivity (Wildman–Crippen MR) is 122 cm³/mol. The van der Waals surface area contributed by atoms with Crippen LogP contribution in [0.2, 0.25) is 0 Å². The molecule has 0 saturated carbocycles. The maximum Gasteiger partial charge on any atom is 0.252 e. The number of hydrogen-bond acceptors (Lipinski definition) is 3. The molecule has 0 unspecified atom stereocenters. The van der Waals surface area contributed by atoms with Crippen LogP contribution in [-0.2, 0) is 13.0 Å². The minimum atomic E-state index is -0.0972. The number of nitrogens with zero attached hydrogens (tertiary/aromatic N) is 2. The summed E-state index contributed by atoms with van der Waals surface area (Å²) in [4.78, 5) is 22.5. The predicted octanol–water partition coefficient (Wildman–Crippen LogP) is 4.56. The van der Waals surface area contributed by atoms with Gasteiger partial charge >= 0.3 is 0 Å². The van der Waals surface area contributed by atoms with E-state index in [1.807, 2.05) is 48.7 Å². The smallest absolute Gasteiger partial charge is 0.252 e. The molecule has 0 aliphatic rings. The molecule has 0 radical (unpaired) electrons. The zero-order chi connectivity index (χ0) is 20.8. The Balaban J connectivity index is 1.34. The van der Waals surface area contributed by atoms with Crippen LogP contribution in [0.1, 0.15) is 28.4 Å². The number of carbonyl (C=O) groups is 1. The van der Waals surface area contributed by atoms with Crippen LogP contribution in [0, 0.1) is 0 Å². The molecule has 2 heterocycles. The fourth-order valence-corrected chi connectivity index (χ4v) is 3.62. The first-order valence-corrected chi connectivity index (χ1v) is 10.3.